The Hall–Kier alpha value is -1.44. The van der Waals surface area contributed by atoms with E-state index in [0.29, 0.717) is 5.69 Å². The van der Waals surface area contributed by atoms with E-state index in [4.69, 9.17) is 5.11 Å². The molecule has 1 rings (SSSR count). The quantitative estimate of drug-likeness (QED) is 0.530. The summed E-state index contributed by atoms with van der Waals surface area (Å²) < 4.78 is 1.18. The molecule has 2 atom stereocenters. The van der Waals surface area contributed by atoms with Crippen LogP contribution in [0.4, 0.5) is 0 Å². The smallest absolute Gasteiger partial charge is 0.354 e. The Kier molecular flexibility index (Phi) is 4.22. The molecule has 0 aliphatic heterocycles. The first-order valence-electron chi connectivity index (χ1n) is 5.17. The lowest BCUT2D eigenvalue weighted by atomic mass is 10.0. The van der Waals surface area contributed by atoms with E-state index in [1.807, 2.05) is 0 Å². The normalized spacial score (nSPS) is 14.6. The maximum absolute atomic E-state index is 11.1. The SMILES string of the molecule is CNCC(O)C(O)c1c(C)nn(C)c1C(=O)O. The molecule has 4 N–H and O–H groups in total. The summed E-state index contributed by atoms with van der Waals surface area (Å²) in [6.07, 6.45) is -2.36. The van der Waals surface area contributed by atoms with Crippen molar-refractivity contribution < 1.29 is 20.1 Å². The summed E-state index contributed by atoms with van der Waals surface area (Å²) in [5, 5.41) is 35.3. The first-order chi connectivity index (χ1) is 7.90. The monoisotopic (exact) mass is 243 g/mol. The molecular weight excluding hydrogens is 226 g/mol. The zero-order valence-corrected chi connectivity index (χ0v) is 10.0. The van der Waals surface area contributed by atoms with E-state index in [-0.39, 0.29) is 17.8 Å². The van der Waals surface area contributed by atoms with Crippen LogP contribution in [0.5, 0.6) is 0 Å². The van der Waals surface area contributed by atoms with Gasteiger partial charge in [-0.25, -0.2) is 4.79 Å². The molecule has 0 aliphatic carbocycles. The number of carboxylic acid groups (broad SMARTS) is 1. The number of rotatable bonds is 5. The summed E-state index contributed by atoms with van der Waals surface area (Å²) in [5.74, 6) is -1.18. The number of aryl methyl sites for hydroxylation is 2. The van der Waals surface area contributed by atoms with Crippen LogP contribution in [0, 0.1) is 6.92 Å². The van der Waals surface area contributed by atoms with Gasteiger partial charge < -0.3 is 20.6 Å². The molecule has 0 saturated heterocycles. The third kappa shape index (κ3) is 2.63. The summed E-state index contributed by atoms with van der Waals surface area (Å²) in [6, 6.07) is 0. The van der Waals surface area contributed by atoms with Crippen LogP contribution in [0.2, 0.25) is 0 Å². The molecule has 0 saturated carbocycles. The van der Waals surface area contributed by atoms with Crippen LogP contribution in [0.3, 0.4) is 0 Å². The van der Waals surface area contributed by atoms with Crippen molar-refractivity contribution in [2.24, 2.45) is 7.05 Å². The van der Waals surface area contributed by atoms with Crippen LogP contribution in [-0.2, 0) is 7.05 Å². The molecule has 0 radical (unpaired) electrons. The molecule has 0 fully saturated rings. The summed E-state index contributed by atoms with van der Waals surface area (Å²) in [5.41, 5.74) is 0.445. The molecule has 0 aromatic carbocycles. The van der Waals surface area contributed by atoms with Gasteiger partial charge in [-0.05, 0) is 14.0 Å². The number of nitrogens with zero attached hydrogens (tertiary/aromatic N) is 2. The van der Waals surface area contributed by atoms with Crippen molar-refractivity contribution in [3.63, 3.8) is 0 Å². The van der Waals surface area contributed by atoms with E-state index < -0.39 is 18.2 Å². The number of likely N-dealkylation sites (N-methyl/N-ethyl adjacent to an activating group) is 1. The highest BCUT2D eigenvalue weighted by atomic mass is 16.4. The zero-order valence-electron chi connectivity index (χ0n) is 10.0. The second-order valence-electron chi connectivity index (χ2n) is 3.85. The van der Waals surface area contributed by atoms with Crippen LogP contribution < -0.4 is 5.32 Å². The van der Waals surface area contributed by atoms with Gasteiger partial charge in [-0.2, -0.15) is 5.10 Å². The van der Waals surface area contributed by atoms with Crippen molar-refractivity contribution >= 4 is 5.97 Å². The lowest BCUT2D eigenvalue weighted by molar-refractivity contribution is 0.0187. The van der Waals surface area contributed by atoms with E-state index in [2.05, 4.69) is 10.4 Å². The second-order valence-corrected chi connectivity index (χ2v) is 3.85. The molecule has 0 spiro atoms. The van der Waals surface area contributed by atoms with Gasteiger partial charge in [-0.15, -0.1) is 0 Å². The molecule has 2 unspecified atom stereocenters. The number of carboxylic acids is 1. The molecule has 96 valence electrons. The molecule has 7 nitrogen and oxygen atoms in total. The average molecular weight is 243 g/mol. The van der Waals surface area contributed by atoms with Gasteiger partial charge in [0.2, 0.25) is 0 Å². The average Bonchev–Trinajstić information content (AvgIpc) is 2.52. The van der Waals surface area contributed by atoms with Crippen LogP contribution >= 0.6 is 0 Å². The minimum Gasteiger partial charge on any atom is -0.477 e. The van der Waals surface area contributed by atoms with Crippen molar-refractivity contribution in [3.05, 3.63) is 17.0 Å². The number of carbonyl (C=O) groups is 1. The van der Waals surface area contributed by atoms with Gasteiger partial charge in [0.05, 0.1) is 11.8 Å². The number of aromatic nitrogens is 2. The topological polar surface area (TPSA) is 108 Å². The van der Waals surface area contributed by atoms with E-state index >= 15 is 0 Å². The van der Waals surface area contributed by atoms with Crippen molar-refractivity contribution in [2.75, 3.05) is 13.6 Å². The third-order valence-corrected chi connectivity index (χ3v) is 2.54. The fourth-order valence-electron chi connectivity index (χ4n) is 1.80. The Bertz CT molecular complexity index is 416. The maximum Gasteiger partial charge on any atom is 0.354 e. The molecular formula is C10H17N3O4. The molecule has 7 heteroatoms. The molecule has 1 heterocycles. The van der Waals surface area contributed by atoms with E-state index in [1.54, 1.807) is 14.0 Å². The highest BCUT2D eigenvalue weighted by molar-refractivity contribution is 5.88. The molecule has 0 bridgehead atoms. The van der Waals surface area contributed by atoms with Crippen LogP contribution in [0.1, 0.15) is 27.8 Å². The van der Waals surface area contributed by atoms with E-state index in [9.17, 15) is 15.0 Å². The van der Waals surface area contributed by atoms with Gasteiger partial charge in [0.1, 0.15) is 6.10 Å². The Labute approximate surface area is 98.7 Å². The van der Waals surface area contributed by atoms with E-state index in [0.717, 1.165) is 0 Å². The van der Waals surface area contributed by atoms with Gasteiger partial charge >= 0.3 is 5.97 Å². The minimum atomic E-state index is -1.28. The third-order valence-electron chi connectivity index (χ3n) is 2.54. The Morgan fingerprint density at radius 2 is 2.12 bits per heavy atom. The van der Waals surface area contributed by atoms with Gasteiger partial charge in [-0.1, -0.05) is 0 Å². The standard InChI is InChI=1S/C10H17N3O4/c1-5-7(9(15)6(14)4-11-2)8(10(16)17)13(3)12-5/h6,9,11,14-15H,4H2,1-3H3,(H,16,17). The highest BCUT2D eigenvalue weighted by Crippen LogP contribution is 2.24. The van der Waals surface area contributed by atoms with Crippen LogP contribution in [0.15, 0.2) is 0 Å². The highest BCUT2D eigenvalue weighted by Gasteiger charge is 2.29. The van der Waals surface area contributed by atoms with Gasteiger partial charge in [-0.3, -0.25) is 4.68 Å². The largest absolute Gasteiger partial charge is 0.477 e. The Morgan fingerprint density at radius 1 is 1.53 bits per heavy atom. The van der Waals surface area contributed by atoms with Crippen molar-refractivity contribution in [1.29, 1.82) is 0 Å². The summed E-state index contributed by atoms with van der Waals surface area (Å²) in [7, 11) is 3.11. The molecule has 1 aromatic rings. The summed E-state index contributed by atoms with van der Waals surface area (Å²) >= 11 is 0. The van der Waals surface area contributed by atoms with E-state index in [1.165, 1.54) is 11.7 Å². The first kappa shape index (κ1) is 13.6. The lowest BCUT2D eigenvalue weighted by Gasteiger charge is -2.17. The van der Waals surface area contributed by atoms with Crippen molar-refractivity contribution in [3.8, 4) is 0 Å². The number of hydrogen-bond acceptors (Lipinski definition) is 5. The first-order valence-corrected chi connectivity index (χ1v) is 5.17. The number of aliphatic hydroxyl groups is 2. The second kappa shape index (κ2) is 5.26. The number of nitrogens with one attached hydrogen (secondary N) is 1. The predicted octanol–water partition coefficient (Wildman–Crippen LogP) is -0.960. The Balaban J connectivity index is 3.16. The predicted molar refractivity (Wildman–Crippen MR) is 59.8 cm³/mol. The van der Waals surface area contributed by atoms with Crippen LogP contribution in [-0.4, -0.2) is 50.8 Å². The van der Waals surface area contributed by atoms with Gasteiger partial charge in [0.15, 0.2) is 5.69 Å². The minimum absolute atomic E-state index is 0.106. The van der Waals surface area contributed by atoms with Crippen molar-refractivity contribution in [2.45, 2.75) is 19.1 Å². The molecule has 0 amide bonds. The Morgan fingerprint density at radius 3 is 2.59 bits per heavy atom. The molecule has 0 aliphatic rings. The number of aromatic carboxylic acids is 1. The fraction of sp³-hybridized carbons (Fsp3) is 0.600. The molecule has 17 heavy (non-hydrogen) atoms. The van der Waals surface area contributed by atoms with Crippen LogP contribution in [0.25, 0.3) is 0 Å². The maximum atomic E-state index is 11.1. The summed E-state index contributed by atoms with van der Waals surface area (Å²) in [4.78, 5) is 11.1. The zero-order chi connectivity index (χ0) is 13.2. The summed E-state index contributed by atoms with van der Waals surface area (Å²) in [6.45, 7) is 1.76. The molecule has 1 aromatic heterocycles. The van der Waals surface area contributed by atoms with Gasteiger partial charge in [0.25, 0.3) is 0 Å². The fourth-order valence-corrected chi connectivity index (χ4v) is 1.80. The number of hydrogen-bond donors (Lipinski definition) is 4. The van der Waals surface area contributed by atoms with Crippen molar-refractivity contribution in [1.82, 2.24) is 15.1 Å². The lowest BCUT2D eigenvalue weighted by Crippen LogP contribution is -2.30. The van der Waals surface area contributed by atoms with Gasteiger partial charge in [0, 0.05) is 19.2 Å². The number of aliphatic hydroxyl groups excluding tert-OH is 2.